The van der Waals surface area contributed by atoms with Crippen LogP contribution in [-0.2, 0) is 6.54 Å². The zero-order chi connectivity index (χ0) is 13.2. The Labute approximate surface area is 114 Å². The summed E-state index contributed by atoms with van der Waals surface area (Å²) in [7, 11) is 0. The van der Waals surface area contributed by atoms with E-state index in [0.717, 1.165) is 31.5 Å². The van der Waals surface area contributed by atoms with Crippen LogP contribution in [0.3, 0.4) is 0 Å². The molecule has 0 aromatic carbocycles. The van der Waals surface area contributed by atoms with Gasteiger partial charge in [0.15, 0.2) is 5.82 Å². The molecule has 6 nitrogen and oxygen atoms in total. The van der Waals surface area contributed by atoms with Crippen LogP contribution in [0.5, 0.6) is 0 Å². The predicted molar refractivity (Wildman–Crippen MR) is 71.8 cm³/mol. The van der Waals surface area contributed by atoms with Crippen molar-refractivity contribution in [1.29, 1.82) is 0 Å². The van der Waals surface area contributed by atoms with Gasteiger partial charge in [0.05, 0.1) is 6.54 Å². The second-order valence-corrected chi connectivity index (χ2v) is 5.55. The Bertz CT molecular complexity index is 407. The first kappa shape index (κ1) is 13.0. The Morgan fingerprint density at radius 1 is 1.16 bits per heavy atom. The maximum atomic E-state index is 5.00. The Kier molecular flexibility index (Phi) is 3.81. The molecule has 0 spiro atoms. The lowest BCUT2D eigenvalue weighted by Crippen LogP contribution is -2.62. The Hall–Kier alpha value is -0.980. The van der Waals surface area contributed by atoms with Crippen LogP contribution >= 0.6 is 0 Å². The number of nitrogens with zero attached hydrogens (tertiary/aromatic N) is 5. The third kappa shape index (κ3) is 2.96. The van der Waals surface area contributed by atoms with Gasteiger partial charge >= 0.3 is 0 Å². The average Bonchev–Trinajstić information content (AvgIpc) is 2.79. The standard InChI is InChI=1S/C13H23N5O/c1-3-16-4-6-18(7-5-16)12-8-17(9-12)10-13-14-11(2)19-15-13/h12H,3-10H2,1-2H3. The largest absolute Gasteiger partial charge is 0.340 e. The number of rotatable bonds is 4. The van der Waals surface area contributed by atoms with Gasteiger partial charge in [-0.3, -0.25) is 9.80 Å². The molecule has 1 aromatic rings. The second-order valence-electron chi connectivity index (χ2n) is 5.55. The van der Waals surface area contributed by atoms with Crippen LogP contribution in [-0.4, -0.2) is 76.7 Å². The number of hydrogen-bond donors (Lipinski definition) is 0. The molecule has 0 bridgehead atoms. The van der Waals surface area contributed by atoms with Crippen molar-refractivity contribution >= 4 is 0 Å². The number of aryl methyl sites for hydroxylation is 1. The summed E-state index contributed by atoms with van der Waals surface area (Å²) in [6.07, 6.45) is 0. The number of likely N-dealkylation sites (N-methyl/N-ethyl adjacent to an activating group) is 1. The molecule has 3 rings (SSSR count). The van der Waals surface area contributed by atoms with E-state index < -0.39 is 0 Å². The third-order valence-corrected chi connectivity index (χ3v) is 4.24. The minimum absolute atomic E-state index is 0.655. The number of piperazine rings is 1. The zero-order valence-electron chi connectivity index (χ0n) is 11.9. The van der Waals surface area contributed by atoms with Crippen LogP contribution in [0.2, 0.25) is 0 Å². The van der Waals surface area contributed by atoms with Gasteiger partial charge in [-0.1, -0.05) is 12.1 Å². The quantitative estimate of drug-likeness (QED) is 0.775. The minimum atomic E-state index is 0.655. The summed E-state index contributed by atoms with van der Waals surface area (Å²) in [5.41, 5.74) is 0. The summed E-state index contributed by atoms with van der Waals surface area (Å²) in [5, 5.41) is 3.95. The molecule has 3 heterocycles. The SMILES string of the molecule is CCN1CCN(C2CN(Cc3noc(C)n3)C2)CC1. The molecule has 0 aliphatic carbocycles. The van der Waals surface area contributed by atoms with E-state index in [-0.39, 0.29) is 0 Å². The number of aromatic nitrogens is 2. The fourth-order valence-electron chi connectivity index (χ4n) is 2.95. The van der Waals surface area contributed by atoms with Gasteiger partial charge in [-0.15, -0.1) is 0 Å². The van der Waals surface area contributed by atoms with Crippen molar-refractivity contribution in [2.45, 2.75) is 26.4 Å². The van der Waals surface area contributed by atoms with E-state index in [9.17, 15) is 0 Å². The lowest BCUT2D eigenvalue weighted by atomic mass is 10.1. The molecule has 6 heteroatoms. The van der Waals surface area contributed by atoms with Gasteiger partial charge in [0.1, 0.15) is 0 Å². The van der Waals surface area contributed by atoms with E-state index in [4.69, 9.17) is 4.52 Å². The fourth-order valence-corrected chi connectivity index (χ4v) is 2.95. The molecule has 0 N–H and O–H groups in total. The topological polar surface area (TPSA) is 48.6 Å². The molecule has 0 amide bonds. The monoisotopic (exact) mass is 265 g/mol. The lowest BCUT2D eigenvalue weighted by Gasteiger charge is -2.47. The van der Waals surface area contributed by atoms with Gasteiger partial charge in [-0.25, -0.2) is 0 Å². The third-order valence-electron chi connectivity index (χ3n) is 4.24. The van der Waals surface area contributed by atoms with Crippen molar-refractivity contribution < 1.29 is 4.52 Å². The van der Waals surface area contributed by atoms with Crippen LogP contribution in [0.1, 0.15) is 18.6 Å². The summed E-state index contributed by atoms with van der Waals surface area (Å²) >= 11 is 0. The smallest absolute Gasteiger partial charge is 0.223 e. The van der Waals surface area contributed by atoms with Crippen molar-refractivity contribution in [3.05, 3.63) is 11.7 Å². The van der Waals surface area contributed by atoms with Crippen LogP contribution in [0, 0.1) is 6.92 Å². The molecule has 2 aliphatic heterocycles. The van der Waals surface area contributed by atoms with Crippen molar-refractivity contribution in [3.8, 4) is 0 Å². The van der Waals surface area contributed by atoms with Crippen LogP contribution in [0.15, 0.2) is 4.52 Å². The van der Waals surface area contributed by atoms with E-state index in [1.165, 1.54) is 32.7 Å². The molecule has 0 unspecified atom stereocenters. The van der Waals surface area contributed by atoms with Gasteiger partial charge in [0.2, 0.25) is 5.89 Å². The van der Waals surface area contributed by atoms with E-state index in [1.54, 1.807) is 0 Å². The van der Waals surface area contributed by atoms with E-state index in [2.05, 4.69) is 31.8 Å². The Morgan fingerprint density at radius 2 is 1.89 bits per heavy atom. The number of likely N-dealkylation sites (tertiary alicyclic amines) is 1. The highest BCUT2D eigenvalue weighted by Gasteiger charge is 2.33. The Morgan fingerprint density at radius 3 is 2.47 bits per heavy atom. The predicted octanol–water partition coefficient (Wildman–Crippen LogP) is 0.200. The van der Waals surface area contributed by atoms with E-state index >= 15 is 0 Å². The van der Waals surface area contributed by atoms with Gasteiger partial charge in [-0.2, -0.15) is 4.98 Å². The molecule has 0 saturated carbocycles. The maximum absolute atomic E-state index is 5.00. The van der Waals surface area contributed by atoms with Crippen molar-refractivity contribution in [1.82, 2.24) is 24.8 Å². The molecular weight excluding hydrogens is 242 g/mol. The van der Waals surface area contributed by atoms with Crippen LogP contribution in [0.25, 0.3) is 0 Å². The molecular formula is C13H23N5O. The highest BCUT2D eigenvalue weighted by molar-refractivity contribution is 4.93. The molecule has 2 fully saturated rings. The molecule has 2 saturated heterocycles. The van der Waals surface area contributed by atoms with Crippen LogP contribution < -0.4 is 0 Å². The van der Waals surface area contributed by atoms with E-state index in [0.29, 0.717) is 5.89 Å². The van der Waals surface area contributed by atoms with Crippen molar-refractivity contribution in [2.24, 2.45) is 0 Å². The molecule has 19 heavy (non-hydrogen) atoms. The second kappa shape index (κ2) is 5.56. The number of hydrogen-bond acceptors (Lipinski definition) is 6. The summed E-state index contributed by atoms with van der Waals surface area (Å²) in [6.45, 7) is 13.2. The van der Waals surface area contributed by atoms with Crippen molar-refractivity contribution in [2.75, 3.05) is 45.8 Å². The lowest BCUT2D eigenvalue weighted by molar-refractivity contribution is 0.000722. The molecule has 106 valence electrons. The summed E-state index contributed by atoms with van der Waals surface area (Å²) in [4.78, 5) is 11.8. The summed E-state index contributed by atoms with van der Waals surface area (Å²) in [6, 6.07) is 0.729. The molecule has 2 aliphatic rings. The van der Waals surface area contributed by atoms with Gasteiger partial charge < -0.3 is 9.42 Å². The summed E-state index contributed by atoms with van der Waals surface area (Å²) < 4.78 is 5.00. The first-order chi connectivity index (χ1) is 9.24. The fraction of sp³-hybridized carbons (Fsp3) is 0.846. The van der Waals surface area contributed by atoms with Gasteiger partial charge in [-0.05, 0) is 6.54 Å². The van der Waals surface area contributed by atoms with Crippen LogP contribution in [0.4, 0.5) is 0 Å². The first-order valence-electron chi connectivity index (χ1n) is 7.22. The minimum Gasteiger partial charge on any atom is -0.340 e. The Balaban J connectivity index is 1.41. The highest BCUT2D eigenvalue weighted by Crippen LogP contribution is 2.18. The molecule has 1 aromatic heterocycles. The zero-order valence-corrected chi connectivity index (χ0v) is 11.9. The van der Waals surface area contributed by atoms with Crippen molar-refractivity contribution in [3.63, 3.8) is 0 Å². The molecule has 0 radical (unpaired) electrons. The molecule has 0 atom stereocenters. The first-order valence-corrected chi connectivity index (χ1v) is 7.22. The van der Waals surface area contributed by atoms with Gasteiger partial charge in [0, 0.05) is 52.2 Å². The highest BCUT2D eigenvalue weighted by atomic mass is 16.5. The normalized spacial score (nSPS) is 23.7. The van der Waals surface area contributed by atoms with E-state index in [1.807, 2.05) is 6.92 Å². The van der Waals surface area contributed by atoms with Gasteiger partial charge in [0.25, 0.3) is 0 Å². The summed E-state index contributed by atoms with van der Waals surface area (Å²) in [5.74, 6) is 1.47. The average molecular weight is 265 g/mol. The maximum Gasteiger partial charge on any atom is 0.223 e.